The number of aromatic nitrogens is 7. The SMILES string of the molecule is Nc1nc2c(ncn2[C@@H]2O[C@@H]3COP(=O)(O)OC4[C@H]5OC[C@]4(COP(=O)(O)O[C@@H]2[C@@H]3O)O[C@H]5n2cnc3c(N)ccnc32)c(=O)[nH]1. The number of imidazole rings is 2. The molecule has 8 rings (SSSR count). The number of aliphatic hydroxyl groups is 1. The van der Waals surface area contributed by atoms with Crippen molar-refractivity contribution in [1.29, 1.82) is 0 Å². The Hall–Kier alpha value is -3.37. The summed E-state index contributed by atoms with van der Waals surface area (Å²) in [6, 6.07) is 1.56. The highest BCUT2D eigenvalue weighted by Crippen LogP contribution is 2.58. The number of fused-ring (bicyclic) bond motifs is 4. The van der Waals surface area contributed by atoms with E-state index in [4.69, 9.17) is 43.8 Å². The van der Waals surface area contributed by atoms with E-state index in [-0.39, 0.29) is 23.7 Å². The minimum Gasteiger partial charge on any atom is -0.397 e. The first-order valence-electron chi connectivity index (χ1n) is 13.6. The first-order chi connectivity index (χ1) is 21.8. The Bertz CT molecular complexity index is 2020. The molecule has 3 unspecified atom stereocenters. The maximum Gasteiger partial charge on any atom is 0.472 e. The lowest BCUT2D eigenvalue weighted by molar-refractivity contribution is -0.184. The summed E-state index contributed by atoms with van der Waals surface area (Å²) in [6.45, 7) is -1.79. The molecule has 24 heteroatoms. The van der Waals surface area contributed by atoms with Gasteiger partial charge in [-0.25, -0.2) is 24.1 Å². The zero-order valence-corrected chi connectivity index (χ0v) is 24.9. The molecule has 4 aromatic rings. The fourth-order valence-electron chi connectivity index (χ4n) is 6.05. The third-order valence-electron chi connectivity index (χ3n) is 8.15. The molecule has 4 aliphatic heterocycles. The second-order valence-electron chi connectivity index (χ2n) is 11.0. The van der Waals surface area contributed by atoms with Crippen LogP contribution < -0.4 is 17.0 Å². The van der Waals surface area contributed by atoms with Gasteiger partial charge in [0.15, 0.2) is 29.3 Å². The van der Waals surface area contributed by atoms with Crippen molar-refractivity contribution >= 4 is 49.6 Å². The molecular weight excluding hydrogens is 660 g/mol. The van der Waals surface area contributed by atoms with Crippen LogP contribution in [0, 0.1) is 0 Å². The van der Waals surface area contributed by atoms with Crippen molar-refractivity contribution in [2.75, 3.05) is 31.3 Å². The molecule has 0 aromatic carbocycles. The summed E-state index contributed by atoms with van der Waals surface area (Å²) in [5.74, 6) is -0.268. The van der Waals surface area contributed by atoms with Crippen LogP contribution in [-0.2, 0) is 41.4 Å². The summed E-state index contributed by atoms with van der Waals surface area (Å²) >= 11 is 0. The number of aromatic amines is 1. The number of hydrogen-bond acceptors (Lipinski definition) is 17. The van der Waals surface area contributed by atoms with Gasteiger partial charge in [0.1, 0.15) is 41.6 Å². The average molecular weight is 685 g/mol. The number of anilines is 2. The zero-order chi connectivity index (χ0) is 32.2. The van der Waals surface area contributed by atoms with E-state index in [0.29, 0.717) is 16.9 Å². The fourth-order valence-corrected chi connectivity index (χ4v) is 8.03. The Labute approximate surface area is 255 Å². The minimum atomic E-state index is -5.10. The number of nitrogens with two attached hydrogens (primary N) is 2. The first kappa shape index (κ1) is 30.0. The van der Waals surface area contributed by atoms with Crippen LogP contribution in [0.5, 0.6) is 0 Å². The molecular formula is C22H25N9O13P2. The first-order valence-corrected chi connectivity index (χ1v) is 16.6. The van der Waals surface area contributed by atoms with Crippen molar-refractivity contribution in [2.24, 2.45) is 0 Å². The van der Waals surface area contributed by atoms with Crippen LogP contribution in [0.3, 0.4) is 0 Å². The van der Waals surface area contributed by atoms with Crippen LogP contribution in [0.4, 0.5) is 11.6 Å². The number of aliphatic hydroxyl groups excluding tert-OH is 1. The van der Waals surface area contributed by atoms with Crippen LogP contribution in [0.1, 0.15) is 12.5 Å². The van der Waals surface area contributed by atoms with Gasteiger partial charge in [-0.15, -0.1) is 0 Å². The van der Waals surface area contributed by atoms with E-state index in [1.807, 2.05) is 0 Å². The lowest BCUT2D eigenvalue weighted by Gasteiger charge is -2.32. The minimum absolute atomic E-state index is 0.107. The number of rotatable bonds is 2. The Morgan fingerprint density at radius 1 is 0.957 bits per heavy atom. The highest BCUT2D eigenvalue weighted by molar-refractivity contribution is 7.47. The number of nitrogens with one attached hydrogen (secondary N) is 1. The van der Waals surface area contributed by atoms with Crippen LogP contribution in [-0.4, -0.2) is 105 Å². The second-order valence-corrected chi connectivity index (χ2v) is 13.8. The zero-order valence-electron chi connectivity index (χ0n) is 23.1. The molecule has 4 bridgehead atoms. The molecule has 0 aliphatic carbocycles. The number of hydrogen-bond donors (Lipinski definition) is 6. The third kappa shape index (κ3) is 4.69. The number of H-pyrrole nitrogens is 1. The van der Waals surface area contributed by atoms with Crippen LogP contribution in [0.25, 0.3) is 22.3 Å². The van der Waals surface area contributed by atoms with E-state index in [9.17, 15) is 28.8 Å². The van der Waals surface area contributed by atoms with Gasteiger partial charge in [-0.3, -0.25) is 37.0 Å². The Morgan fingerprint density at radius 2 is 1.70 bits per heavy atom. The predicted octanol–water partition coefficient (Wildman–Crippen LogP) is -1.33. The molecule has 4 fully saturated rings. The maximum atomic E-state index is 13.4. The van der Waals surface area contributed by atoms with Crippen LogP contribution >= 0.6 is 15.6 Å². The topological polar surface area (TPSA) is 306 Å². The predicted molar refractivity (Wildman–Crippen MR) is 148 cm³/mol. The molecule has 4 aromatic heterocycles. The van der Waals surface area contributed by atoms with E-state index in [1.165, 1.54) is 17.1 Å². The summed E-state index contributed by atoms with van der Waals surface area (Å²) < 4.78 is 68.9. The Balaban J connectivity index is 1.14. The van der Waals surface area contributed by atoms with Crippen LogP contribution in [0.15, 0.2) is 29.7 Å². The molecule has 246 valence electrons. The number of nitrogens with zero attached hydrogens (tertiary/aromatic N) is 6. The standard InChI is InChI=1S/C22H25N9O13P2/c23-8-1-2-25-16-10(8)26-6-30(16)20-14-15-22(42-20,4-38-14)5-40-46(36,37)43-13-12(32)9(3-39-45(34,35)44-15)41-19(13)31-7-27-11-17(31)28-21(24)29-18(11)33/h1-2,6-7,9,12-15,19-20,32H,3-5H2,(H2,23,25)(H,34,35)(H,36,37)(H3,24,28,29,33)/t9-,12-,13-,14-,15?,19-,20-,22-/m1/s1. The molecule has 0 radical (unpaired) electrons. The Kier molecular flexibility index (Phi) is 6.72. The molecule has 0 spiro atoms. The Morgan fingerprint density at radius 3 is 2.50 bits per heavy atom. The summed E-state index contributed by atoms with van der Waals surface area (Å²) in [5.41, 5.74) is 10.0. The van der Waals surface area contributed by atoms with Gasteiger partial charge in [0.05, 0.1) is 38.2 Å². The van der Waals surface area contributed by atoms with Crippen molar-refractivity contribution < 1.29 is 56.3 Å². The molecule has 0 amide bonds. The molecule has 22 nitrogen and oxygen atoms in total. The van der Waals surface area contributed by atoms with E-state index < -0.39 is 83.0 Å². The third-order valence-corrected chi connectivity index (χ3v) is 10.1. The number of nitrogen functional groups attached to an aromatic ring is 2. The lowest BCUT2D eigenvalue weighted by atomic mass is 10.0. The van der Waals surface area contributed by atoms with Crippen LogP contribution in [0.2, 0.25) is 0 Å². The van der Waals surface area contributed by atoms with E-state index in [1.54, 1.807) is 6.07 Å². The van der Waals surface area contributed by atoms with Gasteiger partial charge in [-0.2, -0.15) is 4.98 Å². The van der Waals surface area contributed by atoms with Gasteiger partial charge < -0.3 is 40.6 Å². The van der Waals surface area contributed by atoms with Gasteiger partial charge >= 0.3 is 15.6 Å². The van der Waals surface area contributed by atoms with Gasteiger partial charge in [-0.05, 0) is 6.07 Å². The molecule has 46 heavy (non-hydrogen) atoms. The van der Waals surface area contributed by atoms with Gasteiger partial charge in [0.2, 0.25) is 5.95 Å². The monoisotopic (exact) mass is 685 g/mol. The van der Waals surface area contributed by atoms with Gasteiger partial charge in [0.25, 0.3) is 5.56 Å². The number of ether oxygens (including phenoxy) is 3. The molecule has 4 saturated heterocycles. The smallest absolute Gasteiger partial charge is 0.397 e. The van der Waals surface area contributed by atoms with E-state index in [0.717, 1.165) is 10.9 Å². The maximum absolute atomic E-state index is 13.4. The molecule has 8 N–H and O–H groups in total. The van der Waals surface area contributed by atoms with E-state index in [2.05, 4.69) is 24.9 Å². The quantitative estimate of drug-likeness (QED) is 0.133. The van der Waals surface area contributed by atoms with Crippen molar-refractivity contribution in [1.82, 2.24) is 34.1 Å². The summed E-state index contributed by atoms with van der Waals surface area (Å²) in [6.07, 6.45) is -5.88. The molecule has 4 aliphatic rings. The van der Waals surface area contributed by atoms with Crippen molar-refractivity contribution in [3.8, 4) is 0 Å². The lowest BCUT2D eigenvalue weighted by Crippen LogP contribution is -2.45. The summed E-state index contributed by atoms with van der Waals surface area (Å²) in [4.78, 5) is 52.8. The number of phosphoric ester groups is 2. The fraction of sp³-hybridized carbons (Fsp3) is 0.500. The largest absolute Gasteiger partial charge is 0.472 e. The van der Waals surface area contributed by atoms with Crippen molar-refractivity contribution in [3.05, 3.63) is 35.3 Å². The van der Waals surface area contributed by atoms with Crippen molar-refractivity contribution in [3.63, 3.8) is 0 Å². The van der Waals surface area contributed by atoms with Crippen molar-refractivity contribution in [2.45, 2.75) is 48.6 Å². The highest BCUT2D eigenvalue weighted by atomic mass is 31.2. The number of phosphoric acid groups is 2. The highest BCUT2D eigenvalue weighted by Gasteiger charge is 2.66. The summed E-state index contributed by atoms with van der Waals surface area (Å²) in [7, 11) is -10.1. The van der Waals surface area contributed by atoms with Gasteiger partial charge in [0, 0.05) is 6.20 Å². The molecule has 10 atom stereocenters. The average Bonchev–Trinajstić information content (AvgIpc) is 3.80. The molecule has 0 saturated carbocycles. The summed E-state index contributed by atoms with van der Waals surface area (Å²) in [5, 5.41) is 11.1. The number of pyridine rings is 1. The van der Waals surface area contributed by atoms with E-state index >= 15 is 0 Å². The second kappa shape index (κ2) is 10.3. The molecule has 8 heterocycles. The normalized spacial score (nSPS) is 39.7. The van der Waals surface area contributed by atoms with Gasteiger partial charge in [-0.1, -0.05) is 0 Å².